The number of imidazole rings is 1. The molecule has 9 heteroatoms. The van der Waals surface area contributed by atoms with Crippen LogP contribution < -0.4 is 5.32 Å². The standard InChI is InChI=1S/C21H21F3N4O2/c1-20(30,13-6-3-2-4-7-13)12-17(29)27-19-25-15-10-11-16(21(22,23)24)26-18(15)28(19)14-8-5-9-14/h2-4,6-7,10-11,14,30H,5,8-9,12H2,1H3,(H,25,27,29)/t20-/m0/s1. The van der Waals surface area contributed by atoms with E-state index in [1.165, 1.54) is 13.0 Å². The van der Waals surface area contributed by atoms with Crippen LogP contribution in [0.3, 0.4) is 0 Å². The van der Waals surface area contributed by atoms with E-state index in [2.05, 4.69) is 15.3 Å². The van der Waals surface area contributed by atoms with Crippen LogP contribution in [0, 0.1) is 0 Å². The molecule has 2 aromatic heterocycles. The maximum absolute atomic E-state index is 13.1. The number of fused-ring (bicyclic) bond motifs is 1. The lowest BCUT2D eigenvalue weighted by molar-refractivity contribution is -0.141. The molecule has 0 saturated heterocycles. The van der Waals surface area contributed by atoms with Gasteiger partial charge in [0.05, 0.1) is 12.0 Å². The average Bonchev–Trinajstić information content (AvgIpc) is 2.97. The van der Waals surface area contributed by atoms with E-state index in [0.717, 1.165) is 25.3 Å². The molecular weight excluding hydrogens is 397 g/mol. The van der Waals surface area contributed by atoms with Crippen molar-refractivity contribution < 1.29 is 23.1 Å². The van der Waals surface area contributed by atoms with Crippen LogP contribution in [0.1, 0.15) is 49.9 Å². The fourth-order valence-corrected chi connectivity index (χ4v) is 3.59. The summed E-state index contributed by atoms with van der Waals surface area (Å²) in [4.78, 5) is 20.7. The fraction of sp³-hybridized carbons (Fsp3) is 0.381. The summed E-state index contributed by atoms with van der Waals surface area (Å²) in [6.45, 7) is 1.54. The Morgan fingerprint density at radius 1 is 1.17 bits per heavy atom. The quantitative estimate of drug-likeness (QED) is 0.643. The molecule has 1 saturated carbocycles. The van der Waals surface area contributed by atoms with Crippen LogP contribution >= 0.6 is 0 Å². The maximum Gasteiger partial charge on any atom is 0.433 e. The van der Waals surface area contributed by atoms with Crippen molar-refractivity contribution in [2.75, 3.05) is 5.32 Å². The van der Waals surface area contributed by atoms with Crippen LogP contribution in [-0.4, -0.2) is 25.5 Å². The van der Waals surface area contributed by atoms with E-state index < -0.39 is 23.4 Å². The highest BCUT2D eigenvalue weighted by atomic mass is 19.4. The Kier molecular flexibility index (Phi) is 5.01. The average molecular weight is 418 g/mol. The third kappa shape index (κ3) is 3.89. The smallest absolute Gasteiger partial charge is 0.385 e. The Hall–Kier alpha value is -2.94. The first-order valence-electron chi connectivity index (χ1n) is 9.69. The molecule has 1 aliphatic carbocycles. The lowest BCUT2D eigenvalue weighted by Crippen LogP contribution is -2.30. The number of carbonyl (C=O) groups is 1. The number of carbonyl (C=O) groups excluding carboxylic acids is 1. The Morgan fingerprint density at radius 3 is 2.47 bits per heavy atom. The number of aliphatic hydroxyl groups is 1. The summed E-state index contributed by atoms with van der Waals surface area (Å²) in [5.74, 6) is -0.342. The number of alkyl halides is 3. The van der Waals surface area contributed by atoms with Crippen molar-refractivity contribution in [2.45, 2.75) is 50.4 Å². The van der Waals surface area contributed by atoms with Crippen molar-refractivity contribution in [2.24, 2.45) is 0 Å². The molecule has 1 amide bonds. The van der Waals surface area contributed by atoms with Crippen LogP contribution in [0.25, 0.3) is 11.2 Å². The van der Waals surface area contributed by atoms with E-state index in [0.29, 0.717) is 5.56 Å². The molecule has 1 aromatic carbocycles. The van der Waals surface area contributed by atoms with Gasteiger partial charge in [-0.15, -0.1) is 0 Å². The Balaban J connectivity index is 1.64. The number of nitrogens with one attached hydrogen (secondary N) is 1. The first-order valence-corrected chi connectivity index (χ1v) is 9.69. The van der Waals surface area contributed by atoms with Crippen molar-refractivity contribution in [1.29, 1.82) is 0 Å². The number of amides is 1. The molecule has 6 nitrogen and oxygen atoms in total. The molecule has 1 aliphatic rings. The van der Waals surface area contributed by atoms with Gasteiger partial charge in [0.25, 0.3) is 0 Å². The molecule has 0 unspecified atom stereocenters. The van der Waals surface area contributed by atoms with Crippen LogP contribution in [0.15, 0.2) is 42.5 Å². The number of anilines is 1. The van der Waals surface area contributed by atoms with Gasteiger partial charge in [-0.25, -0.2) is 9.97 Å². The van der Waals surface area contributed by atoms with Gasteiger partial charge in [-0.05, 0) is 43.9 Å². The van der Waals surface area contributed by atoms with Crippen LogP contribution in [0.5, 0.6) is 0 Å². The van der Waals surface area contributed by atoms with Crippen molar-refractivity contribution in [3.63, 3.8) is 0 Å². The Morgan fingerprint density at radius 2 is 1.87 bits per heavy atom. The van der Waals surface area contributed by atoms with Crippen LogP contribution in [-0.2, 0) is 16.6 Å². The molecule has 4 rings (SSSR count). The van der Waals surface area contributed by atoms with Gasteiger partial charge < -0.3 is 5.11 Å². The monoisotopic (exact) mass is 418 g/mol. The molecule has 158 valence electrons. The molecule has 0 radical (unpaired) electrons. The van der Waals surface area contributed by atoms with Crippen molar-refractivity contribution in [3.8, 4) is 0 Å². The van der Waals surface area contributed by atoms with E-state index in [-0.39, 0.29) is 29.6 Å². The highest BCUT2D eigenvalue weighted by Gasteiger charge is 2.35. The fourth-order valence-electron chi connectivity index (χ4n) is 3.59. The normalized spacial score (nSPS) is 16.8. The number of hydrogen-bond acceptors (Lipinski definition) is 4. The molecule has 2 heterocycles. The van der Waals surface area contributed by atoms with Gasteiger partial charge >= 0.3 is 6.18 Å². The summed E-state index contributed by atoms with van der Waals surface area (Å²) >= 11 is 0. The second-order valence-corrected chi connectivity index (χ2v) is 7.79. The highest BCUT2D eigenvalue weighted by Crippen LogP contribution is 2.38. The molecule has 1 atom stereocenters. The van der Waals surface area contributed by atoms with Gasteiger partial charge in [-0.3, -0.25) is 14.7 Å². The summed E-state index contributed by atoms with van der Waals surface area (Å²) in [7, 11) is 0. The van der Waals surface area contributed by atoms with Gasteiger partial charge in [0, 0.05) is 6.04 Å². The molecule has 1 fully saturated rings. The number of hydrogen-bond donors (Lipinski definition) is 2. The predicted octanol–water partition coefficient (Wildman–Crippen LogP) is 4.41. The van der Waals surface area contributed by atoms with Crippen molar-refractivity contribution in [3.05, 3.63) is 53.7 Å². The van der Waals surface area contributed by atoms with Crippen LogP contribution in [0.4, 0.5) is 19.1 Å². The summed E-state index contributed by atoms with van der Waals surface area (Å²) < 4.78 is 40.9. The minimum Gasteiger partial charge on any atom is -0.385 e. The van der Waals surface area contributed by atoms with E-state index in [4.69, 9.17) is 0 Å². The number of pyridine rings is 1. The molecule has 0 aliphatic heterocycles. The number of aromatic nitrogens is 3. The molecular formula is C21H21F3N4O2. The summed E-state index contributed by atoms with van der Waals surface area (Å²) in [6.07, 6.45) is -2.31. The lowest BCUT2D eigenvalue weighted by Gasteiger charge is -2.29. The Labute approximate surface area is 170 Å². The molecule has 0 bridgehead atoms. The van der Waals surface area contributed by atoms with Gasteiger partial charge in [-0.1, -0.05) is 30.3 Å². The SMILES string of the molecule is C[C@](O)(CC(=O)Nc1nc2ccc(C(F)(F)F)nc2n1C1CCC1)c1ccccc1. The molecule has 3 aromatic rings. The van der Waals surface area contributed by atoms with E-state index in [1.54, 1.807) is 28.8 Å². The zero-order chi connectivity index (χ0) is 21.5. The second-order valence-electron chi connectivity index (χ2n) is 7.79. The van der Waals surface area contributed by atoms with Gasteiger partial charge in [-0.2, -0.15) is 13.2 Å². The first-order chi connectivity index (χ1) is 14.1. The molecule has 2 N–H and O–H groups in total. The first kappa shape index (κ1) is 20.3. The third-order valence-electron chi connectivity index (χ3n) is 5.42. The largest absolute Gasteiger partial charge is 0.433 e. The summed E-state index contributed by atoms with van der Waals surface area (Å²) in [5, 5.41) is 13.4. The second kappa shape index (κ2) is 7.39. The highest BCUT2D eigenvalue weighted by molar-refractivity contribution is 5.91. The number of rotatable bonds is 5. The summed E-state index contributed by atoms with van der Waals surface area (Å²) in [6, 6.07) is 10.9. The van der Waals surface area contributed by atoms with Crippen LogP contribution in [0.2, 0.25) is 0 Å². The topological polar surface area (TPSA) is 80.0 Å². The Bertz CT molecular complexity index is 1070. The number of halogens is 3. The van der Waals surface area contributed by atoms with Crippen molar-refractivity contribution >= 4 is 23.0 Å². The van der Waals surface area contributed by atoms with E-state index in [9.17, 15) is 23.1 Å². The van der Waals surface area contributed by atoms with Gasteiger partial charge in [0.2, 0.25) is 11.9 Å². The van der Waals surface area contributed by atoms with Gasteiger partial charge in [0.1, 0.15) is 11.2 Å². The maximum atomic E-state index is 13.1. The minimum atomic E-state index is -4.57. The van der Waals surface area contributed by atoms with Gasteiger partial charge in [0.15, 0.2) is 5.65 Å². The van der Waals surface area contributed by atoms with E-state index >= 15 is 0 Å². The zero-order valence-electron chi connectivity index (χ0n) is 16.3. The number of benzene rings is 1. The number of nitrogens with zero attached hydrogens (tertiary/aromatic N) is 3. The minimum absolute atomic E-state index is 0.0732. The molecule has 30 heavy (non-hydrogen) atoms. The van der Waals surface area contributed by atoms with E-state index in [1.807, 2.05) is 6.07 Å². The summed E-state index contributed by atoms with van der Waals surface area (Å²) in [5.41, 5.74) is -1.44. The third-order valence-corrected chi connectivity index (χ3v) is 5.42. The zero-order valence-corrected chi connectivity index (χ0v) is 16.3. The van der Waals surface area contributed by atoms with Crippen molar-refractivity contribution in [1.82, 2.24) is 14.5 Å². The molecule has 0 spiro atoms. The predicted molar refractivity (Wildman–Crippen MR) is 105 cm³/mol. The lowest BCUT2D eigenvalue weighted by atomic mass is 9.92.